The maximum Gasteiger partial charge on any atom is 0.239 e. The average molecular weight is 276 g/mol. The van der Waals surface area contributed by atoms with Crippen LogP contribution < -0.4 is 5.32 Å². The fourth-order valence-electron chi connectivity index (χ4n) is 4.19. The molecule has 2 bridgehead atoms. The molecule has 4 saturated carbocycles. The number of amides is 2. The van der Waals surface area contributed by atoms with Crippen LogP contribution in [0.15, 0.2) is 0 Å². The molecule has 3 unspecified atom stereocenters. The zero-order chi connectivity index (χ0) is 13.7. The van der Waals surface area contributed by atoms with E-state index in [0.717, 1.165) is 38.0 Å². The lowest BCUT2D eigenvalue weighted by atomic mass is 9.87. The fraction of sp³-hybridized carbons (Fsp3) is 0.875. The SMILES string of the molecule is O=C(CN(C(=O)C1CC2CCC1C2)C1CC1)NC1CC1. The second-order valence-corrected chi connectivity index (χ2v) is 7.32. The Morgan fingerprint density at radius 1 is 1.00 bits per heavy atom. The quantitative estimate of drug-likeness (QED) is 0.831. The minimum atomic E-state index is 0.0518. The van der Waals surface area contributed by atoms with Gasteiger partial charge in [-0.15, -0.1) is 0 Å². The van der Waals surface area contributed by atoms with E-state index in [1.165, 1.54) is 19.3 Å². The van der Waals surface area contributed by atoms with Crippen molar-refractivity contribution in [2.75, 3.05) is 6.54 Å². The number of rotatable bonds is 5. The Balaban J connectivity index is 1.39. The standard InChI is InChI=1S/C16H24N2O2/c19-15(17-12-3-4-12)9-18(13-5-6-13)16(20)14-8-10-1-2-11(14)7-10/h10-14H,1-9H2,(H,17,19). The third kappa shape index (κ3) is 2.45. The highest BCUT2D eigenvalue weighted by atomic mass is 16.2. The molecule has 0 heterocycles. The van der Waals surface area contributed by atoms with Gasteiger partial charge >= 0.3 is 0 Å². The van der Waals surface area contributed by atoms with E-state index in [1.807, 2.05) is 4.90 Å². The Kier molecular flexibility index (Phi) is 3.00. The van der Waals surface area contributed by atoms with Crippen molar-refractivity contribution in [1.29, 1.82) is 0 Å². The summed E-state index contributed by atoms with van der Waals surface area (Å²) in [5, 5.41) is 3.01. The van der Waals surface area contributed by atoms with Crippen LogP contribution in [0.5, 0.6) is 0 Å². The van der Waals surface area contributed by atoms with Gasteiger partial charge in [-0.25, -0.2) is 0 Å². The van der Waals surface area contributed by atoms with E-state index in [1.54, 1.807) is 0 Å². The average Bonchev–Trinajstić information content (AvgIpc) is 3.36. The normalized spacial score (nSPS) is 35.1. The predicted octanol–water partition coefficient (Wildman–Crippen LogP) is 1.69. The number of fused-ring (bicyclic) bond motifs is 2. The molecule has 0 aromatic carbocycles. The molecule has 0 aliphatic heterocycles. The largest absolute Gasteiger partial charge is 0.352 e. The lowest BCUT2D eigenvalue weighted by Gasteiger charge is -2.29. The van der Waals surface area contributed by atoms with Crippen molar-refractivity contribution in [3.63, 3.8) is 0 Å². The van der Waals surface area contributed by atoms with Gasteiger partial charge in [0.1, 0.15) is 0 Å². The Morgan fingerprint density at radius 3 is 2.35 bits per heavy atom. The molecule has 3 atom stereocenters. The zero-order valence-electron chi connectivity index (χ0n) is 12.0. The summed E-state index contributed by atoms with van der Waals surface area (Å²) in [5.41, 5.74) is 0. The van der Waals surface area contributed by atoms with Gasteiger partial charge in [-0.05, 0) is 56.8 Å². The summed E-state index contributed by atoms with van der Waals surface area (Å²) < 4.78 is 0. The molecule has 4 aliphatic carbocycles. The smallest absolute Gasteiger partial charge is 0.239 e. The van der Waals surface area contributed by atoms with Crippen LogP contribution in [-0.4, -0.2) is 35.3 Å². The molecule has 4 nitrogen and oxygen atoms in total. The molecule has 0 aromatic heterocycles. The van der Waals surface area contributed by atoms with Crippen LogP contribution >= 0.6 is 0 Å². The minimum Gasteiger partial charge on any atom is -0.352 e. The van der Waals surface area contributed by atoms with Gasteiger partial charge in [-0.3, -0.25) is 9.59 Å². The number of hydrogen-bond donors (Lipinski definition) is 1. The summed E-state index contributed by atoms with van der Waals surface area (Å²) in [4.78, 5) is 26.7. The second kappa shape index (κ2) is 4.74. The van der Waals surface area contributed by atoms with Crippen molar-refractivity contribution < 1.29 is 9.59 Å². The Morgan fingerprint density at radius 2 is 1.80 bits per heavy atom. The maximum absolute atomic E-state index is 12.8. The van der Waals surface area contributed by atoms with Crippen molar-refractivity contribution in [3.8, 4) is 0 Å². The Hall–Kier alpha value is -1.06. The van der Waals surface area contributed by atoms with Crippen LogP contribution in [0.2, 0.25) is 0 Å². The van der Waals surface area contributed by atoms with E-state index in [-0.39, 0.29) is 17.7 Å². The van der Waals surface area contributed by atoms with E-state index in [9.17, 15) is 9.59 Å². The second-order valence-electron chi connectivity index (χ2n) is 7.32. The van der Waals surface area contributed by atoms with Crippen LogP contribution in [0.3, 0.4) is 0 Å². The molecule has 110 valence electrons. The fourth-order valence-corrected chi connectivity index (χ4v) is 4.19. The first-order valence-electron chi connectivity index (χ1n) is 8.30. The van der Waals surface area contributed by atoms with Crippen molar-refractivity contribution in [3.05, 3.63) is 0 Å². The van der Waals surface area contributed by atoms with Crippen molar-refractivity contribution in [1.82, 2.24) is 10.2 Å². The highest BCUT2D eigenvalue weighted by molar-refractivity contribution is 5.87. The lowest BCUT2D eigenvalue weighted by Crippen LogP contribution is -2.45. The summed E-state index contributed by atoms with van der Waals surface area (Å²) >= 11 is 0. The highest BCUT2D eigenvalue weighted by Crippen LogP contribution is 2.49. The number of nitrogens with one attached hydrogen (secondary N) is 1. The van der Waals surface area contributed by atoms with Crippen LogP contribution in [0.4, 0.5) is 0 Å². The first-order chi connectivity index (χ1) is 9.70. The molecule has 4 fully saturated rings. The Labute approximate surface area is 120 Å². The van der Waals surface area contributed by atoms with Crippen molar-refractivity contribution >= 4 is 11.8 Å². The monoisotopic (exact) mass is 276 g/mol. The molecular formula is C16H24N2O2. The number of carbonyl (C=O) groups is 2. The first kappa shape index (κ1) is 12.7. The summed E-state index contributed by atoms with van der Waals surface area (Å²) in [5.74, 6) is 1.96. The zero-order valence-corrected chi connectivity index (χ0v) is 12.0. The maximum atomic E-state index is 12.8. The third-order valence-corrected chi connectivity index (χ3v) is 5.58. The van der Waals surface area contributed by atoms with Gasteiger partial charge in [-0.1, -0.05) is 6.42 Å². The number of hydrogen-bond acceptors (Lipinski definition) is 2. The van der Waals surface area contributed by atoms with E-state index in [2.05, 4.69) is 5.32 Å². The van der Waals surface area contributed by atoms with Gasteiger partial charge in [0, 0.05) is 18.0 Å². The summed E-state index contributed by atoms with van der Waals surface area (Å²) in [6.45, 7) is 0.299. The topological polar surface area (TPSA) is 49.4 Å². The Bertz CT molecular complexity index is 428. The summed E-state index contributed by atoms with van der Waals surface area (Å²) in [6, 6.07) is 0.743. The van der Waals surface area contributed by atoms with Crippen LogP contribution in [0, 0.1) is 17.8 Å². The van der Waals surface area contributed by atoms with Crippen LogP contribution in [0.1, 0.15) is 51.4 Å². The molecule has 0 radical (unpaired) electrons. The van der Waals surface area contributed by atoms with Gasteiger partial charge in [0.15, 0.2) is 0 Å². The van der Waals surface area contributed by atoms with E-state index in [4.69, 9.17) is 0 Å². The van der Waals surface area contributed by atoms with Gasteiger partial charge in [0.05, 0.1) is 6.54 Å². The lowest BCUT2D eigenvalue weighted by molar-refractivity contribution is -0.141. The summed E-state index contributed by atoms with van der Waals surface area (Å²) in [7, 11) is 0. The summed E-state index contributed by atoms with van der Waals surface area (Å²) in [6.07, 6.45) is 9.27. The highest BCUT2D eigenvalue weighted by Gasteiger charge is 2.46. The van der Waals surface area contributed by atoms with E-state index < -0.39 is 0 Å². The van der Waals surface area contributed by atoms with Crippen LogP contribution in [0.25, 0.3) is 0 Å². The van der Waals surface area contributed by atoms with Gasteiger partial charge in [0.2, 0.25) is 11.8 Å². The number of nitrogens with zero attached hydrogens (tertiary/aromatic N) is 1. The molecule has 1 N–H and O–H groups in total. The predicted molar refractivity (Wildman–Crippen MR) is 74.8 cm³/mol. The van der Waals surface area contributed by atoms with Crippen molar-refractivity contribution in [2.45, 2.75) is 63.5 Å². The first-order valence-corrected chi connectivity index (χ1v) is 8.30. The third-order valence-electron chi connectivity index (χ3n) is 5.58. The molecule has 0 saturated heterocycles. The molecule has 0 spiro atoms. The van der Waals surface area contributed by atoms with Gasteiger partial charge in [0.25, 0.3) is 0 Å². The van der Waals surface area contributed by atoms with Gasteiger partial charge < -0.3 is 10.2 Å². The molecule has 4 aliphatic rings. The molecule has 4 heteroatoms. The van der Waals surface area contributed by atoms with Crippen molar-refractivity contribution in [2.24, 2.45) is 17.8 Å². The molecular weight excluding hydrogens is 252 g/mol. The molecule has 4 rings (SSSR count). The molecule has 2 amide bonds. The van der Waals surface area contributed by atoms with E-state index >= 15 is 0 Å². The van der Waals surface area contributed by atoms with Gasteiger partial charge in [-0.2, -0.15) is 0 Å². The number of carbonyl (C=O) groups excluding carboxylic acids is 2. The van der Waals surface area contributed by atoms with E-state index in [0.29, 0.717) is 24.5 Å². The minimum absolute atomic E-state index is 0.0518. The molecule has 20 heavy (non-hydrogen) atoms. The molecule has 0 aromatic rings. The van der Waals surface area contributed by atoms with Crippen LogP contribution in [-0.2, 0) is 9.59 Å².